The third-order valence-electron chi connectivity index (χ3n) is 25.0. The van der Waals surface area contributed by atoms with E-state index in [1.165, 1.54) is 70.9 Å². The number of pyridine rings is 2. The maximum atomic E-state index is 5.49. The van der Waals surface area contributed by atoms with Crippen LogP contribution in [0.4, 0.5) is 0 Å². The topological polar surface area (TPSA) is 77.3 Å². The summed E-state index contributed by atoms with van der Waals surface area (Å²) in [5.41, 5.74) is 29.7. The van der Waals surface area contributed by atoms with Crippen LogP contribution in [0, 0.1) is 0 Å². The van der Waals surface area contributed by atoms with Crippen LogP contribution in [0.2, 0.25) is 0 Å². The summed E-state index contributed by atoms with van der Waals surface area (Å²) in [6.07, 6.45) is 0. The van der Waals surface area contributed by atoms with Crippen LogP contribution in [0.3, 0.4) is 0 Å². The van der Waals surface area contributed by atoms with E-state index in [1.54, 1.807) is 0 Å². The Morgan fingerprint density at radius 1 is 0.133 bits per heavy atom. The van der Waals surface area contributed by atoms with Crippen molar-refractivity contribution in [1.29, 1.82) is 0 Å². The van der Waals surface area contributed by atoms with Gasteiger partial charge in [0.15, 0.2) is 11.6 Å². The number of para-hydroxylation sites is 1. The summed E-state index contributed by atoms with van der Waals surface area (Å²) in [5, 5.41) is 16.6. The zero-order valence-electron chi connectivity index (χ0n) is 69.7. The van der Waals surface area contributed by atoms with E-state index in [0.29, 0.717) is 11.6 Å². The number of rotatable bonds is 14. The fourth-order valence-corrected chi connectivity index (χ4v) is 18.5. The molecule has 596 valence electrons. The average molecular weight is 1630 g/mol. The van der Waals surface area contributed by atoms with Gasteiger partial charge in [0.25, 0.3) is 0 Å². The molecule has 0 N–H and O–H groups in total. The first-order valence-electron chi connectivity index (χ1n) is 43.5. The summed E-state index contributed by atoms with van der Waals surface area (Å²) in [5.74, 6) is 1.40. The molecule has 0 bridgehead atoms. The Labute approximate surface area is 741 Å². The van der Waals surface area contributed by atoms with Gasteiger partial charge in [0, 0.05) is 82.4 Å². The van der Waals surface area contributed by atoms with E-state index in [4.69, 9.17) is 29.9 Å². The minimum absolute atomic E-state index is 0.688. The number of fused-ring (bicyclic) bond motifs is 12. The van der Waals surface area contributed by atoms with Crippen LogP contribution < -0.4 is 0 Å². The lowest BCUT2D eigenvalue weighted by molar-refractivity contribution is 1.18. The maximum Gasteiger partial charge on any atom is 0.161 e. The molecular weight excluding hydrogens is 1550 g/mol. The second kappa shape index (κ2) is 33.0. The fourth-order valence-electron chi connectivity index (χ4n) is 18.5. The van der Waals surface area contributed by atoms with Crippen molar-refractivity contribution in [1.82, 2.24) is 29.9 Å². The predicted molar refractivity (Wildman–Crippen MR) is 536 cm³/mol. The van der Waals surface area contributed by atoms with E-state index < -0.39 is 0 Å². The molecule has 128 heavy (non-hydrogen) atoms. The number of nitrogens with zero attached hydrogens (tertiary/aromatic N) is 6. The molecule has 0 radical (unpaired) electrons. The van der Waals surface area contributed by atoms with Gasteiger partial charge in [-0.2, -0.15) is 0 Å². The Bertz CT molecular complexity index is 8130. The Morgan fingerprint density at radius 2 is 0.438 bits per heavy atom. The van der Waals surface area contributed by atoms with Crippen molar-refractivity contribution in [2.75, 3.05) is 0 Å². The summed E-state index contributed by atoms with van der Waals surface area (Å²) in [4.78, 5) is 31.7. The van der Waals surface area contributed by atoms with Crippen molar-refractivity contribution < 1.29 is 0 Å². The van der Waals surface area contributed by atoms with Gasteiger partial charge in [-0.25, -0.2) is 29.9 Å². The van der Waals surface area contributed by atoms with Crippen molar-refractivity contribution >= 4 is 86.4 Å². The molecule has 0 aliphatic carbocycles. The number of benzene rings is 20. The Balaban J connectivity index is 0.000000147. The van der Waals surface area contributed by atoms with Crippen LogP contribution in [0.25, 0.3) is 244 Å². The summed E-state index contributed by atoms with van der Waals surface area (Å²) < 4.78 is 0. The molecule has 0 saturated heterocycles. The largest absolute Gasteiger partial charge is 0.247 e. The summed E-state index contributed by atoms with van der Waals surface area (Å²) >= 11 is 0. The lowest BCUT2D eigenvalue weighted by Gasteiger charge is -2.15. The molecule has 0 aliphatic rings. The van der Waals surface area contributed by atoms with E-state index in [2.05, 4.69) is 461 Å². The van der Waals surface area contributed by atoms with Crippen molar-refractivity contribution in [2.45, 2.75) is 0 Å². The van der Waals surface area contributed by atoms with Gasteiger partial charge in [-0.3, -0.25) is 0 Å². The molecule has 4 heterocycles. The molecule has 0 spiro atoms. The molecule has 6 nitrogen and oxygen atoms in total. The third-order valence-corrected chi connectivity index (χ3v) is 25.0. The molecule has 0 saturated carbocycles. The van der Waals surface area contributed by atoms with E-state index in [-0.39, 0.29) is 0 Å². The van der Waals surface area contributed by atoms with Crippen LogP contribution in [0.1, 0.15) is 0 Å². The van der Waals surface area contributed by atoms with Crippen LogP contribution >= 0.6 is 0 Å². The third kappa shape index (κ3) is 14.5. The first kappa shape index (κ1) is 75.9. The summed E-state index contributed by atoms with van der Waals surface area (Å²) in [6.45, 7) is 0. The molecule has 0 fully saturated rings. The van der Waals surface area contributed by atoms with E-state index in [1.807, 2.05) is 12.1 Å². The van der Waals surface area contributed by atoms with Gasteiger partial charge in [-0.1, -0.05) is 449 Å². The first-order valence-corrected chi connectivity index (χ1v) is 43.5. The molecule has 0 atom stereocenters. The van der Waals surface area contributed by atoms with Crippen LogP contribution in [-0.4, -0.2) is 29.9 Å². The molecule has 0 amide bonds. The Kier molecular flexibility index (Phi) is 19.5. The highest BCUT2D eigenvalue weighted by atomic mass is 14.9. The number of hydrogen-bond acceptors (Lipinski definition) is 6. The van der Waals surface area contributed by atoms with Gasteiger partial charge in [0.1, 0.15) is 0 Å². The Hall–Kier alpha value is -17.1. The average Bonchev–Trinajstić information content (AvgIpc) is 0.726. The van der Waals surface area contributed by atoms with E-state index in [9.17, 15) is 0 Å². The Morgan fingerprint density at radius 3 is 0.914 bits per heavy atom. The standard InChI is InChI=1S/C63H41N3.C59H37N3/c1-4-13-42(14-5-1)44-23-31-50(32-24-44)58-41-59(65-63(64-58)53-37-29-45(30-38-53)43-15-6-2-7-16-43)51-33-25-46(26-34-51)47-27-35-52(36-28-47)61-57-40-39-49-19-10-11-20-54(49)60(57)56-22-12-21-55(62(56)66-61)48-17-8-3-9-18-48;1-2-12-38(13-3-1)46-33-35-54-53(36-46)57-49-21-9-6-16-43(49)32-34-52(57)58(60-54)45-30-26-40(27-31-45)39-24-28-44(29-25-39)55-37-56(50-22-10-17-41-14-4-7-19-47(41)50)62-59(61-55)51-23-11-18-42-15-5-8-20-48(42)51/h1-41H;1-37H. The van der Waals surface area contributed by atoms with Crippen molar-refractivity contribution in [2.24, 2.45) is 0 Å². The van der Waals surface area contributed by atoms with Crippen molar-refractivity contribution in [3.05, 3.63) is 473 Å². The minimum atomic E-state index is 0.688. The van der Waals surface area contributed by atoms with Crippen molar-refractivity contribution in [3.63, 3.8) is 0 Å². The fraction of sp³-hybridized carbons (Fsp3) is 0. The first-order chi connectivity index (χ1) is 63.4. The quantitative estimate of drug-likeness (QED) is 0.101. The molecule has 20 aromatic carbocycles. The minimum Gasteiger partial charge on any atom is -0.247 e. The molecular formula is C122H78N6. The zero-order valence-corrected chi connectivity index (χ0v) is 69.7. The zero-order chi connectivity index (χ0) is 84.8. The second-order valence-electron chi connectivity index (χ2n) is 32.7. The monoisotopic (exact) mass is 1630 g/mol. The summed E-state index contributed by atoms with van der Waals surface area (Å²) in [6, 6.07) is 168. The van der Waals surface area contributed by atoms with Crippen LogP contribution in [0.15, 0.2) is 473 Å². The second-order valence-corrected chi connectivity index (χ2v) is 32.7. The van der Waals surface area contributed by atoms with Gasteiger partial charge >= 0.3 is 0 Å². The van der Waals surface area contributed by atoms with Gasteiger partial charge in [-0.05, 0) is 129 Å². The molecule has 4 aromatic heterocycles. The smallest absolute Gasteiger partial charge is 0.161 e. The van der Waals surface area contributed by atoms with Gasteiger partial charge in [0.05, 0.1) is 45.2 Å². The van der Waals surface area contributed by atoms with Crippen LogP contribution in [-0.2, 0) is 0 Å². The van der Waals surface area contributed by atoms with Gasteiger partial charge in [-0.15, -0.1) is 0 Å². The van der Waals surface area contributed by atoms with Gasteiger partial charge in [0.2, 0.25) is 0 Å². The SMILES string of the molecule is c1ccc(-c2ccc(-c3cc(-c4ccc(-c5ccc(-c6nc7c(-c8ccccc8)cccc7c7c6ccc6ccccc67)cc5)cc4)nc(-c4ccc(-c5ccccc5)cc4)n3)cc2)cc1.c1ccc(-c2ccc3nc(-c4ccc(-c5ccc(-c6cc(-c7cccc8ccccc78)nc(-c7cccc8ccccc78)n6)cc5)cc4)c4ccc5ccccc5c4c3c2)cc1. The molecule has 6 heteroatoms. The van der Waals surface area contributed by atoms with E-state index >= 15 is 0 Å². The normalized spacial score (nSPS) is 11.4. The van der Waals surface area contributed by atoms with Crippen molar-refractivity contribution in [3.8, 4) is 157 Å². The van der Waals surface area contributed by atoms with Gasteiger partial charge < -0.3 is 0 Å². The van der Waals surface area contributed by atoms with E-state index in [0.717, 1.165) is 161 Å². The highest BCUT2D eigenvalue weighted by molar-refractivity contribution is 6.25. The highest BCUT2D eigenvalue weighted by Crippen LogP contribution is 2.45. The molecule has 24 rings (SSSR count). The maximum absolute atomic E-state index is 5.49. The van der Waals surface area contributed by atoms with Crippen LogP contribution in [0.5, 0.6) is 0 Å². The predicted octanol–water partition coefficient (Wildman–Crippen LogP) is 32.3. The lowest BCUT2D eigenvalue weighted by atomic mass is 9.92. The highest BCUT2D eigenvalue weighted by Gasteiger charge is 2.22. The number of hydrogen-bond donors (Lipinski definition) is 0. The molecule has 0 unspecified atom stereocenters. The molecule has 24 aromatic rings. The number of aromatic nitrogens is 6. The summed E-state index contributed by atoms with van der Waals surface area (Å²) in [7, 11) is 0. The molecule has 0 aliphatic heterocycles. The lowest BCUT2D eigenvalue weighted by Crippen LogP contribution is -1.97.